The summed E-state index contributed by atoms with van der Waals surface area (Å²) in [4.78, 5) is 25.2. The van der Waals surface area contributed by atoms with Crippen LogP contribution in [0, 0.1) is 0 Å². The molecule has 1 N–H and O–H groups in total. The molecule has 0 saturated heterocycles. The van der Waals surface area contributed by atoms with Gasteiger partial charge >= 0.3 is 5.97 Å². The number of ether oxygens (including phenoxy) is 2. The summed E-state index contributed by atoms with van der Waals surface area (Å²) in [6.07, 6.45) is 0.936. The number of thiophene rings is 1. The minimum Gasteiger partial charge on any atom is -0.483 e. The molecule has 0 fully saturated rings. The van der Waals surface area contributed by atoms with Gasteiger partial charge < -0.3 is 14.8 Å². The Kier molecular flexibility index (Phi) is 8.10. The topological polar surface area (TPSA) is 64.6 Å². The maximum absolute atomic E-state index is 12.6. The highest BCUT2D eigenvalue weighted by molar-refractivity contribution is 9.10. The second-order valence-corrected chi connectivity index (χ2v) is 9.36. The van der Waals surface area contributed by atoms with E-state index in [-0.39, 0.29) is 18.4 Å². The highest BCUT2D eigenvalue weighted by Crippen LogP contribution is 2.36. The van der Waals surface area contributed by atoms with Crippen molar-refractivity contribution in [2.45, 2.75) is 33.1 Å². The Bertz CT molecular complexity index is 1110. The molecule has 0 aliphatic heterocycles. The van der Waals surface area contributed by atoms with E-state index in [9.17, 15) is 9.59 Å². The molecule has 5 nitrogen and oxygen atoms in total. The number of hydrogen-bond acceptors (Lipinski definition) is 5. The van der Waals surface area contributed by atoms with Gasteiger partial charge in [0.15, 0.2) is 6.61 Å². The van der Waals surface area contributed by atoms with E-state index < -0.39 is 5.97 Å². The summed E-state index contributed by atoms with van der Waals surface area (Å²) in [5, 5.41) is 5.11. The summed E-state index contributed by atoms with van der Waals surface area (Å²) in [6, 6.07) is 13.7. The average Bonchev–Trinajstić information content (AvgIpc) is 3.20. The van der Waals surface area contributed by atoms with Crippen LogP contribution in [-0.2, 0) is 16.0 Å². The third kappa shape index (κ3) is 5.58. The maximum Gasteiger partial charge on any atom is 0.341 e. The van der Waals surface area contributed by atoms with Gasteiger partial charge in [-0.3, -0.25) is 4.79 Å². The number of amides is 1. The Morgan fingerprint density at radius 2 is 1.84 bits per heavy atom. The quantitative estimate of drug-likeness (QED) is 0.340. The first kappa shape index (κ1) is 24.0. The first-order chi connectivity index (χ1) is 15.3. The molecule has 0 saturated carbocycles. The molecule has 1 aromatic heterocycles. The van der Waals surface area contributed by atoms with E-state index in [1.54, 1.807) is 0 Å². The van der Waals surface area contributed by atoms with Crippen LogP contribution in [0.15, 0.2) is 52.3 Å². The molecular weight excluding hydrogens is 490 g/mol. The van der Waals surface area contributed by atoms with E-state index in [1.165, 1.54) is 24.0 Å². The van der Waals surface area contributed by atoms with Crippen molar-refractivity contribution < 1.29 is 19.1 Å². The molecular formula is C25H26BrNO4S. The van der Waals surface area contributed by atoms with Crippen molar-refractivity contribution in [2.24, 2.45) is 0 Å². The van der Waals surface area contributed by atoms with Crippen LogP contribution in [0.1, 0.15) is 48.2 Å². The van der Waals surface area contributed by atoms with E-state index in [1.807, 2.05) is 47.8 Å². The zero-order chi connectivity index (χ0) is 23.3. The summed E-state index contributed by atoms with van der Waals surface area (Å²) < 4.78 is 11.7. The van der Waals surface area contributed by atoms with Crippen molar-refractivity contribution in [2.75, 3.05) is 19.0 Å². The molecule has 0 radical (unpaired) electrons. The Morgan fingerprint density at radius 1 is 1.12 bits per heavy atom. The summed E-state index contributed by atoms with van der Waals surface area (Å²) in [6.45, 7) is 6.06. The summed E-state index contributed by atoms with van der Waals surface area (Å²) in [7, 11) is 1.33. The second-order valence-electron chi connectivity index (χ2n) is 7.57. The van der Waals surface area contributed by atoms with E-state index in [0.717, 1.165) is 27.6 Å². The fraction of sp³-hybridized carbons (Fsp3) is 0.280. The normalized spacial score (nSPS) is 10.8. The van der Waals surface area contributed by atoms with Crippen molar-refractivity contribution >= 4 is 44.1 Å². The number of nitrogens with one attached hydrogen (secondary N) is 1. The van der Waals surface area contributed by atoms with Crippen molar-refractivity contribution in [1.82, 2.24) is 0 Å². The summed E-state index contributed by atoms with van der Waals surface area (Å²) in [5.41, 5.74) is 4.20. The van der Waals surface area contributed by atoms with Crippen molar-refractivity contribution in [3.8, 4) is 16.9 Å². The molecule has 3 rings (SSSR count). The van der Waals surface area contributed by atoms with Crippen LogP contribution < -0.4 is 10.1 Å². The summed E-state index contributed by atoms with van der Waals surface area (Å²) >= 11 is 4.76. The zero-order valence-electron chi connectivity index (χ0n) is 18.5. The maximum atomic E-state index is 12.6. The third-order valence-corrected chi connectivity index (χ3v) is 6.45. The number of aryl methyl sites for hydroxylation is 1. The van der Waals surface area contributed by atoms with Gasteiger partial charge in [-0.05, 0) is 47.2 Å². The Hall–Kier alpha value is -2.64. The Morgan fingerprint density at radius 3 is 2.47 bits per heavy atom. The Balaban J connectivity index is 1.79. The van der Waals surface area contributed by atoms with Gasteiger partial charge in [0.25, 0.3) is 5.91 Å². The van der Waals surface area contributed by atoms with E-state index in [2.05, 4.69) is 42.0 Å². The fourth-order valence-electron chi connectivity index (χ4n) is 3.30. The standard InChI is InChI=1S/C25H26BrNO4S/c1-5-16-6-8-17(9-7-16)20-14-32-24(23(20)25(29)30-4)27-22(28)13-31-21-11-10-18(26)12-19(21)15(2)3/h6-12,14-15H,5,13H2,1-4H3,(H,27,28). The number of anilines is 1. The molecule has 0 bridgehead atoms. The first-order valence-electron chi connectivity index (χ1n) is 10.3. The van der Waals surface area contributed by atoms with Crippen molar-refractivity contribution in [1.29, 1.82) is 0 Å². The monoisotopic (exact) mass is 515 g/mol. The zero-order valence-corrected chi connectivity index (χ0v) is 20.9. The molecule has 0 aliphatic carbocycles. The third-order valence-electron chi connectivity index (χ3n) is 5.06. The fourth-order valence-corrected chi connectivity index (χ4v) is 4.65. The van der Waals surface area contributed by atoms with Crippen molar-refractivity contribution in [3.05, 3.63) is 69.0 Å². The number of halogens is 1. The lowest BCUT2D eigenvalue weighted by Gasteiger charge is -2.14. The minimum absolute atomic E-state index is 0.166. The van der Waals surface area contributed by atoms with Crippen LogP contribution in [0.2, 0.25) is 0 Å². The SMILES string of the molecule is CCc1ccc(-c2csc(NC(=O)COc3ccc(Br)cc3C(C)C)c2C(=O)OC)cc1. The lowest BCUT2D eigenvalue weighted by atomic mass is 10.0. The second kappa shape index (κ2) is 10.8. The molecule has 0 aliphatic rings. The van der Waals surface area contributed by atoms with Gasteiger partial charge in [0, 0.05) is 15.4 Å². The molecule has 1 heterocycles. The Labute approximate surface area is 200 Å². The smallest absolute Gasteiger partial charge is 0.341 e. The first-order valence-corrected chi connectivity index (χ1v) is 12.0. The number of hydrogen-bond donors (Lipinski definition) is 1. The van der Waals surface area contributed by atoms with Crippen LogP contribution in [0.4, 0.5) is 5.00 Å². The van der Waals surface area contributed by atoms with E-state index >= 15 is 0 Å². The lowest BCUT2D eigenvalue weighted by molar-refractivity contribution is -0.118. The minimum atomic E-state index is -0.493. The molecule has 7 heteroatoms. The molecule has 0 unspecified atom stereocenters. The highest BCUT2D eigenvalue weighted by atomic mass is 79.9. The highest BCUT2D eigenvalue weighted by Gasteiger charge is 2.22. The molecule has 0 spiro atoms. The molecule has 32 heavy (non-hydrogen) atoms. The van der Waals surface area contributed by atoms with Gasteiger partial charge in [0.05, 0.1) is 7.11 Å². The molecule has 168 valence electrons. The predicted octanol–water partition coefficient (Wildman–Crippen LogP) is 6.67. The molecule has 2 aromatic carbocycles. The van der Waals surface area contributed by atoms with Gasteiger partial charge in [0.1, 0.15) is 16.3 Å². The van der Waals surface area contributed by atoms with Crippen LogP contribution >= 0.6 is 27.3 Å². The predicted molar refractivity (Wildman–Crippen MR) is 133 cm³/mol. The van der Waals surface area contributed by atoms with Crippen LogP contribution in [0.3, 0.4) is 0 Å². The average molecular weight is 516 g/mol. The number of carbonyl (C=O) groups is 2. The number of benzene rings is 2. The lowest BCUT2D eigenvalue weighted by Crippen LogP contribution is -2.21. The number of carbonyl (C=O) groups excluding carboxylic acids is 2. The van der Waals surface area contributed by atoms with Crippen LogP contribution in [0.25, 0.3) is 11.1 Å². The molecule has 0 atom stereocenters. The van der Waals surface area contributed by atoms with Crippen molar-refractivity contribution in [3.63, 3.8) is 0 Å². The van der Waals surface area contributed by atoms with Gasteiger partial charge in [-0.15, -0.1) is 11.3 Å². The number of methoxy groups -OCH3 is 1. The molecule has 3 aromatic rings. The van der Waals surface area contributed by atoms with Gasteiger partial charge in [-0.25, -0.2) is 4.79 Å². The van der Waals surface area contributed by atoms with Crippen LogP contribution in [-0.4, -0.2) is 25.6 Å². The largest absolute Gasteiger partial charge is 0.483 e. The van der Waals surface area contributed by atoms with Gasteiger partial charge in [0.2, 0.25) is 0 Å². The van der Waals surface area contributed by atoms with E-state index in [0.29, 0.717) is 16.3 Å². The number of rotatable bonds is 8. The van der Waals surface area contributed by atoms with Gasteiger partial charge in [-0.1, -0.05) is 61.0 Å². The summed E-state index contributed by atoms with van der Waals surface area (Å²) in [5.74, 6) is 0.0689. The van der Waals surface area contributed by atoms with Gasteiger partial charge in [-0.2, -0.15) is 0 Å². The van der Waals surface area contributed by atoms with E-state index in [4.69, 9.17) is 9.47 Å². The molecule has 1 amide bonds. The number of esters is 1. The van der Waals surface area contributed by atoms with Crippen LogP contribution in [0.5, 0.6) is 5.75 Å².